The van der Waals surface area contributed by atoms with E-state index in [-0.39, 0.29) is 0 Å². The smallest absolute Gasteiger partial charge is 0.0735 e. The number of rotatable bonds is 1. The lowest BCUT2D eigenvalue weighted by Crippen LogP contribution is -1.84. The summed E-state index contributed by atoms with van der Waals surface area (Å²) >= 11 is 0. The van der Waals surface area contributed by atoms with Crippen molar-refractivity contribution in [2.75, 3.05) is 0 Å². The first-order chi connectivity index (χ1) is 4.83. The van der Waals surface area contributed by atoms with Crippen LogP contribution in [-0.4, -0.2) is 16.4 Å². The van der Waals surface area contributed by atoms with Gasteiger partial charge in [0.25, 0.3) is 0 Å². The second-order valence-electron chi connectivity index (χ2n) is 1.98. The van der Waals surface area contributed by atoms with Crippen LogP contribution in [0.4, 0.5) is 0 Å². The highest BCUT2D eigenvalue weighted by Crippen LogP contribution is 1.96. The Morgan fingerprint density at radius 1 is 1.70 bits per heavy atom. The van der Waals surface area contributed by atoms with Gasteiger partial charge in [0.2, 0.25) is 0 Å². The fourth-order valence-electron chi connectivity index (χ4n) is 0.714. The van der Waals surface area contributed by atoms with Crippen molar-refractivity contribution >= 4 is 6.21 Å². The molecule has 0 aromatic carbocycles. The number of aryl methyl sites for hydroxylation is 1. The van der Waals surface area contributed by atoms with Crippen molar-refractivity contribution < 1.29 is 5.21 Å². The minimum Gasteiger partial charge on any atom is -0.411 e. The van der Waals surface area contributed by atoms with Crippen LogP contribution in [0.1, 0.15) is 11.3 Å². The minimum absolute atomic E-state index is 0.856. The Morgan fingerprint density at radius 3 is 3.10 bits per heavy atom. The first-order valence-corrected chi connectivity index (χ1v) is 2.93. The van der Waals surface area contributed by atoms with Crippen molar-refractivity contribution in [2.24, 2.45) is 5.16 Å². The fourth-order valence-corrected chi connectivity index (χ4v) is 0.714. The van der Waals surface area contributed by atoms with E-state index >= 15 is 0 Å². The van der Waals surface area contributed by atoms with Crippen LogP contribution in [0.25, 0.3) is 0 Å². The lowest BCUT2D eigenvalue weighted by Gasteiger charge is -1.91. The van der Waals surface area contributed by atoms with Gasteiger partial charge >= 0.3 is 0 Å². The van der Waals surface area contributed by atoms with Gasteiger partial charge in [0.1, 0.15) is 0 Å². The molecule has 0 fully saturated rings. The predicted molar refractivity (Wildman–Crippen MR) is 38.4 cm³/mol. The molecule has 1 aromatic rings. The quantitative estimate of drug-likeness (QED) is 0.358. The third-order valence-corrected chi connectivity index (χ3v) is 1.13. The molecule has 0 spiro atoms. The zero-order valence-electron chi connectivity index (χ0n) is 5.65. The number of aromatic nitrogens is 1. The van der Waals surface area contributed by atoms with Gasteiger partial charge in [-0.25, -0.2) is 0 Å². The summed E-state index contributed by atoms with van der Waals surface area (Å²) in [6.45, 7) is 1.88. The Labute approximate surface area is 59.0 Å². The Bertz CT molecular complexity index is 245. The molecule has 0 aliphatic carbocycles. The fraction of sp³-hybridized carbons (Fsp3) is 0.143. The van der Waals surface area contributed by atoms with Gasteiger partial charge < -0.3 is 5.21 Å². The monoisotopic (exact) mass is 136 g/mol. The first-order valence-electron chi connectivity index (χ1n) is 2.93. The molecule has 0 aliphatic rings. The Hall–Kier alpha value is -1.38. The van der Waals surface area contributed by atoms with Crippen LogP contribution in [0.15, 0.2) is 23.5 Å². The van der Waals surface area contributed by atoms with E-state index < -0.39 is 0 Å². The molecule has 3 heteroatoms. The van der Waals surface area contributed by atoms with Gasteiger partial charge in [-0.1, -0.05) is 5.16 Å². The number of hydrogen-bond donors (Lipinski definition) is 1. The van der Waals surface area contributed by atoms with Crippen LogP contribution in [0, 0.1) is 6.92 Å². The standard InChI is InChI=1S/C7H8N2O/c1-6-4-7(5-9-10)2-3-8-6/h2-5,10H,1H3. The van der Waals surface area contributed by atoms with E-state index in [4.69, 9.17) is 5.21 Å². The summed E-state index contributed by atoms with van der Waals surface area (Å²) in [5.41, 5.74) is 1.77. The van der Waals surface area contributed by atoms with Crippen molar-refractivity contribution in [1.29, 1.82) is 0 Å². The van der Waals surface area contributed by atoms with E-state index in [0.717, 1.165) is 11.3 Å². The number of oxime groups is 1. The molecular weight excluding hydrogens is 128 g/mol. The molecule has 0 radical (unpaired) electrons. The van der Waals surface area contributed by atoms with Crippen molar-refractivity contribution in [1.82, 2.24) is 4.98 Å². The topological polar surface area (TPSA) is 45.5 Å². The van der Waals surface area contributed by atoms with Gasteiger partial charge in [0.05, 0.1) is 6.21 Å². The number of hydrogen-bond acceptors (Lipinski definition) is 3. The molecule has 3 nitrogen and oxygen atoms in total. The molecule has 1 N–H and O–H groups in total. The molecule has 1 heterocycles. The summed E-state index contributed by atoms with van der Waals surface area (Å²) < 4.78 is 0. The molecule has 10 heavy (non-hydrogen) atoms. The van der Waals surface area contributed by atoms with Crippen molar-refractivity contribution in [3.63, 3.8) is 0 Å². The molecule has 0 saturated heterocycles. The first kappa shape index (κ1) is 6.74. The molecule has 0 atom stereocenters. The molecule has 52 valence electrons. The van der Waals surface area contributed by atoms with Gasteiger partial charge in [-0.3, -0.25) is 4.98 Å². The van der Waals surface area contributed by atoms with Gasteiger partial charge in [-0.15, -0.1) is 0 Å². The van der Waals surface area contributed by atoms with Crippen LogP contribution in [-0.2, 0) is 0 Å². The largest absolute Gasteiger partial charge is 0.411 e. The molecule has 0 amide bonds. The Kier molecular flexibility index (Phi) is 1.99. The maximum absolute atomic E-state index is 8.16. The SMILES string of the molecule is Cc1cc(C=NO)ccn1. The van der Waals surface area contributed by atoms with E-state index in [0.29, 0.717) is 0 Å². The summed E-state index contributed by atoms with van der Waals surface area (Å²) in [7, 11) is 0. The lowest BCUT2D eigenvalue weighted by atomic mass is 10.2. The molecule has 1 rings (SSSR count). The second-order valence-corrected chi connectivity index (χ2v) is 1.98. The van der Waals surface area contributed by atoms with Crippen molar-refractivity contribution in [3.05, 3.63) is 29.6 Å². The van der Waals surface area contributed by atoms with Gasteiger partial charge in [-0.2, -0.15) is 0 Å². The Balaban J connectivity index is 2.95. The summed E-state index contributed by atoms with van der Waals surface area (Å²) in [5, 5.41) is 11.1. The lowest BCUT2D eigenvalue weighted by molar-refractivity contribution is 0.322. The average Bonchev–Trinajstić information content (AvgIpc) is 1.88. The molecule has 0 saturated carbocycles. The maximum atomic E-state index is 8.16. The molecule has 0 bridgehead atoms. The number of pyridine rings is 1. The van der Waals surface area contributed by atoms with Crippen molar-refractivity contribution in [2.45, 2.75) is 6.92 Å². The van der Waals surface area contributed by atoms with E-state index in [9.17, 15) is 0 Å². The molecule has 0 unspecified atom stereocenters. The summed E-state index contributed by atoms with van der Waals surface area (Å²) in [4.78, 5) is 3.98. The number of nitrogens with zero attached hydrogens (tertiary/aromatic N) is 2. The van der Waals surface area contributed by atoms with E-state index in [1.165, 1.54) is 6.21 Å². The molecule has 1 aromatic heterocycles. The highest BCUT2D eigenvalue weighted by atomic mass is 16.4. The van der Waals surface area contributed by atoms with Crippen LogP contribution in [0.2, 0.25) is 0 Å². The van der Waals surface area contributed by atoms with Crippen LogP contribution in [0.3, 0.4) is 0 Å². The zero-order chi connectivity index (χ0) is 7.40. The maximum Gasteiger partial charge on any atom is 0.0735 e. The van der Waals surface area contributed by atoms with E-state index in [2.05, 4.69) is 10.1 Å². The zero-order valence-corrected chi connectivity index (χ0v) is 5.65. The van der Waals surface area contributed by atoms with Crippen LogP contribution >= 0.6 is 0 Å². The third-order valence-electron chi connectivity index (χ3n) is 1.13. The van der Waals surface area contributed by atoms with Gasteiger partial charge in [0.15, 0.2) is 0 Å². The normalized spacial score (nSPS) is 10.5. The predicted octanol–water partition coefficient (Wildman–Crippen LogP) is 1.20. The second kappa shape index (κ2) is 2.96. The van der Waals surface area contributed by atoms with Crippen LogP contribution in [0.5, 0.6) is 0 Å². The van der Waals surface area contributed by atoms with E-state index in [1.54, 1.807) is 12.3 Å². The average molecular weight is 136 g/mol. The molecule has 0 aliphatic heterocycles. The highest BCUT2D eigenvalue weighted by molar-refractivity contribution is 5.78. The van der Waals surface area contributed by atoms with Crippen molar-refractivity contribution in [3.8, 4) is 0 Å². The summed E-state index contributed by atoms with van der Waals surface area (Å²) in [6, 6.07) is 3.60. The van der Waals surface area contributed by atoms with Gasteiger partial charge in [-0.05, 0) is 24.6 Å². The Morgan fingerprint density at radius 2 is 2.50 bits per heavy atom. The summed E-state index contributed by atoms with van der Waals surface area (Å²) in [5.74, 6) is 0. The van der Waals surface area contributed by atoms with Gasteiger partial charge in [0, 0.05) is 11.9 Å². The van der Waals surface area contributed by atoms with Crippen LogP contribution < -0.4 is 0 Å². The van der Waals surface area contributed by atoms with E-state index in [1.807, 2.05) is 13.0 Å². The summed E-state index contributed by atoms with van der Waals surface area (Å²) in [6.07, 6.45) is 3.04. The minimum atomic E-state index is 0.856. The third kappa shape index (κ3) is 1.55. The highest BCUT2D eigenvalue weighted by Gasteiger charge is 1.87. The molecular formula is C7H8N2O.